The summed E-state index contributed by atoms with van der Waals surface area (Å²) in [5, 5.41) is 12.7. The summed E-state index contributed by atoms with van der Waals surface area (Å²) in [7, 11) is 1.51. The van der Waals surface area contributed by atoms with Gasteiger partial charge in [0.2, 0.25) is 0 Å². The molecular weight excluding hydrogens is 310 g/mol. The van der Waals surface area contributed by atoms with E-state index in [1.54, 1.807) is 45.0 Å². The minimum absolute atomic E-state index is 0.105. The summed E-state index contributed by atoms with van der Waals surface area (Å²) in [6.07, 6.45) is 0. The lowest BCUT2D eigenvalue weighted by atomic mass is 9.80. The Labute approximate surface area is 140 Å². The van der Waals surface area contributed by atoms with Gasteiger partial charge < -0.3 is 19.9 Å². The average Bonchev–Trinajstić information content (AvgIpc) is 2.53. The molecule has 6 heteroatoms. The van der Waals surface area contributed by atoms with Crippen molar-refractivity contribution in [2.45, 2.75) is 26.7 Å². The van der Waals surface area contributed by atoms with E-state index in [2.05, 4.69) is 5.32 Å². The van der Waals surface area contributed by atoms with Crippen LogP contribution in [-0.4, -0.2) is 30.8 Å². The van der Waals surface area contributed by atoms with Crippen molar-refractivity contribution in [3.8, 4) is 5.75 Å². The molecule has 0 spiro atoms. The second kappa shape index (κ2) is 7.21. The van der Waals surface area contributed by atoms with Gasteiger partial charge in [-0.3, -0.25) is 0 Å². The highest BCUT2D eigenvalue weighted by Gasteiger charge is 2.38. The molecule has 1 unspecified atom stereocenters. The van der Waals surface area contributed by atoms with Crippen molar-refractivity contribution in [2.75, 3.05) is 13.7 Å². The van der Waals surface area contributed by atoms with E-state index in [9.17, 15) is 14.7 Å². The van der Waals surface area contributed by atoms with Crippen LogP contribution in [0.15, 0.2) is 46.8 Å². The summed E-state index contributed by atoms with van der Waals surface area (Å²) in [4.78, 5) is 24.4. The molecule has 0 aliphatic carbocycles. The molecule has 1 atom stereocenters. The van der Waals surface area contributed by atoms with Gasteiger partial charge in [0.1, 0.15) is 5.75 Å². The maximum atomic E-state index is 12.5. The normalized spacial score (nSPS) is 17.4. The number of aliphatic carboxylic acids is 1. The Balaban J connectivity index is 2.71. The van der Waals surface area contributed by atoms with Crippen LogP contribution in [-0.2, 0) is 14.3 Å². The number of carbonyl (C=O) groups is 2. The number of carbonyl (C=O) groups excluding carboxylic acids is 1. The molecule has 0 amide bonds. The largest absolute Gasteiger partial charge is 0.496 e. The van der Waals surface area contributed by atoms with Crippen molar-refractivity contribution in [3.63, 3.8) is 0 Å². The number of nitrogens with one attached hydrogen (secondary N) is 1. The lowest BCUT2D eigenvalue weighted by Crippen LogP contribution is -2.32. The number of carboxylic acid groups (broad SMARTS) is 1. The maximum absolute atomic E-state index is 12.5. The molecule has 1 aliphatic heterocycles. The molecule has 2 rings (SSSR count). The molecule has 6 nitrogen and oxygen atoms in total. The summed E-state index contributed by atoms with van der Waals surface area (Å²) in [6.45, 7) is 5.33. The molecule has 1 aromatic rings. The predicted molar refractivity (Wildman–Crippen MR) is 88.5 cm³/mol. The first-order valence-corrected chi connectivity index (χ1v) is 7.64. The van der Waals surface area contributed by atoms with Crippen molar-refractivity contribution >= 4 is 11.9 Å². The van der Waals surface area contributed by atoms with Gasteiger partial charge in [-0.05, 0) is 26.8 Å². The number of carboxylic acids is 1. The zero-order valence-electron chi connectivity index (χ0n) is 14.2. The SMILES string of the molecule is CCOC(=O)C1=C(C)NC(C)=C(C(=O)O)C1c1ccccc1OC. The highest BCUT2D eigenvalue weighted by Crippen LogP contribution is 2.42. The zero-order valence-corrected chi connectivity index (χ0v) is 14.2. The zero-order chi connectivity index (χ0) is 17.9. The van der Waals surface area contributed by atoms with E-state index >= 15 is 0 Å². The summed E-state index contributed by atoms with van der Waals surface area (Å²) in [5.41, 5.74) is 2.06. The van der Waals surface area contributed by atoms with Crippen molar-refractivity contribution in [1.82, 2.24) is 5.32 Å². The van der Waals surface area contributed by atoms with Crippen LogP contribution < -0.4 is 10.1 Å². The monoisotopic (exact) mass is 331 g/mol. The molecule has 128 valence electrons. The van der Waals surface area contributed by atoms with Crippen LogP contribution >= 0.6 is 0 Å². The second-order valence-electron chi connectivity index (χ2n) is 5.40. The number of rotatable bonds is 5. The third kappa shape index (κ3) is 3.13. The topological polar surface area (TPSA) is 84.9 Å². The quantitative estimate of drug-likeness (QED) is 0.807. The lowest BCUT2D eigenvalue weighted by Gasteiger charge is -2.30. The van der Waals surface area contributed by atoms with Crippen LogP contribution in [0, 0.1) is 0 Å². The molecule has 0 bridgehead atoms. The second-order valence-corrected chi connectivity index (χ2v) is 5.40. The number of methoxy groups -OCH3 is 1. The molecule has 1 aliphatic rings. The number of esters is 1. The van der Waals surface area contributed by atoms with Crippen molar-refractivity contribution in [3.05, 3.63) is 52.4 Å². The van der Waals surface area contributed by atoms with Gasteiger partial charge in [-0.15, -0.1) is 0 Å². The minimum Gasteiger partial charge on any atom is -0.496 e. The Morgan fingerprint density at radius 2 is 1.79 bits per heavy atom. The van der Waals surface area contributed by atoms with Gasteiger partial charge in [-0.25, -0.2) is 9.59 Å². The van der Waals surface area contributed by atoms with E-state index in [4.69, 9.17) is 9.47 Å². The van der Waals surface area contributed by atoms with Crippen molar-refractivity contribution < 1.29 is 24.2 Å². The molecule has 0 aromatic heterocycles. The molecule has 24 heavy (non-hydrogen) atoms. The van der Waals surface area contributed by atoms with Crippen LogP contribution in [0.25, 0.3) is 0 Å². The Kier molecular flexibility index (Phi) is 5.28. The highest BCUT2D eigenvalue weighted by molar-refractivity contribution is 5.99. The standard InChI is InChI=1S/C18H21NO5/c1-5-24-18(22)15-11(3)19-10(2)14(17(20)21)16(15)12-8-6-7-9-13(12)23-4/h6-9,16,19H,5H2,1-4H3,(H,20,21). The highest BCUT2D eigenvalue weighted by atomic mass is 16.5. The molecular formula is C18H21NO5. The smallest absolute Gasteiger partial charge is 0.336 e. The van der Waals surface area contributed by atoms with Gasteiger partial charge in [0.15, 0.2) is 0 Å². The average molecular weight is 331 g/mol. The van der Waals surface area contributed by atoms with Crippen molar-refractivity contribution in [1.29, 1.82) is 0 Å². The first-order chi connectivity index (χ1) is 11.4. The summed E-state index contributed by atoms with van der Waals surface area (Å²) in [5.74, 6) is -1.88. The number of allylic oxidation sites excluding steroid dienone is 2. The van der Waals surface area contributed by atoms with E-state index in [1.807, 2.05) is 0 Å². The van der Waals surface area contributed by atoms with Gasteiger partial charge >= 0.3 is 11.9 Å². The first-order valence-electron chi connectivity index (χ1n) is 7.64. The minimum atomic E-state index is -1.09. The van der Waals surface area contributed by atoms with Gasteiger partial charge in [0.25, 0.3) is 0 Å². The van der Waals surface area contributed by atoms with Gasteiger partial charge in [0, 0.05) is 17.0 Å². The number of dihydropyridines is 1. The first kappa shape index (κ1) is 17.6. The molecule has 0 fully saturated rings. The molecule has 0 saturated carbocycles. The molecule has 1 aromatic carbocycles. The fraction of sp³-hybridized carbons (Fsp3) is 0.333. The number of benzene rings is 1. The number of ether oxygens (including phenoxy) is 2. The third-order valence-electron chi connectivity index (χ3n) is 3.94. The van der Waals surface area contributed by atoms with E-state index in [1.165, 1.54) is 7.11 Å². The van der Waals surface area contributed by atoms with E-state index in [-0.39, 0.29) is 17.8 Å². The number of hydrogen-bond acceptors (Lipinski definition) is 5. The van der Waals surface area contributed by atoms with Crippen molar-refractivity contribution in [2.24, 2.45) is 0 Å². The van der Waals surface area contributed by atoms with Gasteiger partial charge in [-0.1, -0.05) is 18.2 Å². The molecule has 2 N–H and O–H groups in total. The Hall–Kier alpha value is -2.76. The summed E-state index contributed by atoms with van der Waals surface area (Å²) >= 11 is 0. The fourth-order valence-corrected chi connectivity index (χ4v) is 2.97. The van der Waals surface area contributed by atoms with E-state index in [0.717, 1.165) is 0 Å². The van der Waals surface area contributed by atoms with Gasteiger partial charge in [-0.2, -0.15) is 0 Å². The summed E-state index contributed by atoms with van der Waals surface area (Å²) < 4.78 is 10.5. The third-order valence-corrected chi connectivity index (χ3v) is 3.94. The Bertz CT molecular complexity index is 733. The lowest BCUT2D eigenvalue weighted by molar-refractivity contribution is -0.138. The summed E-state index contributed by atoms with van der Waals surface area (Å²) in [6, 6.07) is 7.08. The molecule has 0 saturated heterocycles. The number of hydrogen-bond donors (Lipinski definition) is 2. The maximum Gasteiger partial charge on any atom is 0.336 e. The fourth-order valence-electron chi connectivity index (χ4n) is 2.97. The number of para-hydroxylation sites is 1. The van der Waals surface area contributed by atoms with Gasteiger partial charge in [0.05, 0.1) is 30.8 Å². The predicted octanol–water partition coefficient (Wildman–Crippen LogP) is 2.58. The van der Waals surface area contributed by atoms with Crippen LogP contribution in [0.2, 0.25) is 0 Å². The van der Waals surface area contributed by atoms with Crippen LogP contribution in [0.5, 0.6) is 5.75 Å². The molecule has 1 heterocycles. The van der Waals surface area contributed by atoms with Crippen LogP contribution in [0.3, 0.4) is 0 Å². The van der Waals surface area contributed by atoms with E-state index in [0.29, 0.717) is 22.7 Å². The van der Waals surface area contributed by atoms with Crippen LogP contribution in [0.4, 0.5) is 0 Å². The Morgan fingerprint density at radius 1 is 1.17 bits per heavy atom. The molecule has 0 radical (unpaired) electrons. The van der Waals surface area contributed by atoms with Crippen LogP contribution in [0.1, 0.15) is 32.3 Å². The van der Waals surface area contributed by atoms with E-state index < -0.39 is 17.9 Å². The Morgan fingerprint density at radius 3 is 2.38 bits per heavy atom.